The molecule has 2 aromatic rings. The number of carbonyl (C=O) groups is 2. The van der Waals surface area contributed by atoms with Crippen LogP contribution >= 0.6 is 0 Å². The topological polar surface area (TPSA) is 88.3 Å². The first-order valence-corrected chi connectivity index (χ1v) is 8.76. The molecule has 1 aromatic carbocycles. The quantitative estimate of drug-likeness (QED) is 0.809. The molecule has 26 heavy (non-hydrogen) atoms. The third-order valence-electron chi connectivity index (χ3n) is 4.97. The van der Waals surface area contributed by atoms with E-state index in [0.717, 1.165) is 17.5 Å². The summed E-state index contributed by atoms with van der Waals surface area (Å²) in [4.78, 5) is 30.3. The number of nitrogens with zero attached hydrogens (tertiary/aromatic N) is 2. The Morgan fingerprint density at radius 1 is 1.23 bits per heavy atom. The zero-order valence-corrected chi connectivity index (χ0v) is 15.1. The maximum absolute atomic E-state index is 12.6. The van der Waals surface area contributed by atoms with Crippen LogP contribution in [0.4, 0.5) is 10.6 Å². The van der Waals surface area contributed by atoms with Gasteiger partial charge in [0.2, 0.25) is 5.91 Å². The largest absolute Gasteiger partial charge is 0.384 e. The molecule has 0 spiro atoms. The summed E-state index contributed by atoms with van der Waals surface area (Å²) in [5.74, 6) is 0.0364. The van der Waals surface area contributed by atoms with E-state index in [4.69, 9.17) is 5.73 Å². The number of rotatable bonds is 5. The van der Waals surface area contributed by atoms with E-state index >= 15 is 0 Å². The van der Waals surface area contributed by atoms with Crippen LogP contribution < -0.4 is 11.1 Å². The van der Waals surface area contributed by atoms with Gasteiger partial charge in [-0.05, 0) is 49.9 Å². The predicted octanol–water partition coefficient (Wildman–Crippen LogP) is 2.40. The average molecular weight is 352 g/mol. The van der Waals surface area contributed by atoms with Crippen molar-refractivity contribution in [2.45, 2.75) is 32.2 Å². The Morgan fingerprint density at radius 3 is 2.62 bits per heavy atom. The maximum atomic E-state index is 12.6. The van der Waals surface area contributed by atoms with Crippen LogP contribution in [0.15, 0.2) is 48.7 Å². The Kier molecular flexibility index (Phi) is 4.93. The smallest absolute Gasteiger partial charge is 0.324 e. The summed E-state index contributed by atoms with van der Waals surface area (Å²) in [7, 11) is 0. The lowest BCUT2D eigenvalue weighted by Gasteiger charge is -2.52. The van der Waals surface area contributed by atoms with E-state index in [1.807, 2.05) is 50.2 Å². The molecule has 1 atom stereocenters. The molecular formula is C20H24N4O2. The second-order valence-electron chi connectivity index (χ2n) is 7.14. The maximum Gasteiger partial charge on any atom is 0.324 e. The Morgan fingerprint density at radius 2 is 1.96 bits per heavy atom. The molecule has 3 rings (SSSR count). The van der Waals surface area contributed by atoms with Gasteiger partial charge in [-0.1, -0.05) is 30.3 Å². The lowest BCUT2D eigenvalue weighted by Crippen LogP contribution is -2.71. The molecule has 1 saturated heterocycles. The van der Waals surface area contributed by atoms with E-state index in [1.165, 1.54) is 4.90 Å². The number of nitrogens with two attached hydrogens (primary N) is 1. The lowest BCUT2D eigenvalue weighted by molar-refractivity contribution is -0.158. The van der Waals surface area contributed by atoms with E-state index in [0.29, 0.717) is 18.8 Å². The third kappa shape index (κ3) is 3.54. The number of β-lactam (4-membered cyclic amide) rings is 1. The van der Waals surface area contributed by atoms with Gasteiger partial charge in [0.15, 0.2) is 0 Å². The number of urea groups is 1. The van der Waals surface area contributed by atoms with Crippen molar-refractivity contribution in [2.75, 3.05) is 12.3 Å². The Balaban J connectivity index is 1.57. The molecule has 1 aliphatic heterocycles. The van der Waals surface area contributed by atoms with Crippen molar-refractivity contribution < 1.29 is 9.59 Å². The SMILES string of the molecule is CC1(C)C(Cc2ccnc(N)c2)C(=O)N1C(=O)NCCc1ccccc1. The monoisotopic (exact) mass is 352 g/mol. The van der Waals surface area contributed by atoms with Gasteiger partial charge in [-0.15, -0.1) is 0 Å². The minimum Gasteiger partial charge on any atom is -0.384 e. The molecule has 2 heterocycles. The highest BCUT2D eigenvalue weighted by Gasteiger charge is 2.56. The van der Waals surface area contributed by atoms with E-state index in [9.17, 15) is 9.59 Å². The highest BCUT2D eigenvalue weighted by Crippen LogP contribution is 2.39. The standard InChI is InChI=1S/C20H24N4O2/c1-20(2)16(12-15-9-10-22-17(21)13-15)18(25)24(20)19(26)23-11-8-14-6-4-3-5-7-14/h3-7,9-10,13,16H,8,11-12H2,1-2H3,(H2,21,22)(H,23,26). The molecule has 1 aliphatic rings. The second kappa shape index (κ2) is 7.15. The van der Waals surface area contributed by atoms with Gasteiger partial charge in [-0.2, -0.15) is 0 Å². The van der Waals surface area contributed by atoms with Crippen LogP contribution in [-0.4, -0.2) is 33.9 Å². The summed E-state index contributed by atoms with van der Waals surface area (Å²) in [6, 6.07) is 13.2. The number of anilines is 1. The van der Waals surface area contributed by atoms with Crippen LogP contribution in [-0.2, 0) is 17.6 Å². The third-order valence-corrected chi connectivity index (χ3v) is 4.97. The van der Waals surface area contributed by atoms with Crippen molar-refractivity contribution in [2.24, 2.45) is 5.92 Å². The first kappa shape index (κ1) is 17.9. The van der Waals surface area contributed by atoms with E-state index in [2.05, 4.69) is 10.3 Å². The molecule has 6 heteroatoms. The van der Waals surface area contributed by atoms with Crippen LogP contribution in [0.25, 0.3) is 0 Å². The normalized spacial score (nSPS) is 18.3. The van der Waals surface area contributed by atoms with Gasteiger partial charge in [0.25, 0.3) is 0 Å². The average Bonchev–Trinajstić information content (AvgIpc) is 2.60. The number of hydrogen-bond donors (Lipinski definition) is 2. The Labute approximate surface area is 153 Å². The van der Waals surface area contributed by atoms with E-state index in [-0.39, 0.29) is 17.9 Å². The lowest BCUT2D eigenvalue weighted by atomic mass is 9.73. The minimum absolute atomic E-state index is 0.150. The summed E-state index contributed by atoms with van der Waals surface area (Å²) in [5, 5.41) is 2.85. The van der Waals surface area contributed by atoms with Crippen molar-refractivity contribution in [1.82, 2.24) is 15.2 Å². The van der Waals surface area contributed by atoms with Crippen molar-refractivity contribution in [3.05, 3.63) is 59.8 Å². The number of likely N-dealkylation sites (tertiary alicyclic amines) is 1. The zero-order chi connectivity index (χ0) is 18.7. The number of aromatic nitrogens is 1. The number of nitrogens with one attached hydrogen (secondary N) is 1. The molecule has 1 aromatic heterocycles. The van der Waals surface area contributed by atoms with E-state index < -0.39 is 5.54 Å². The fourth-order valence-corrected chi connectivity index (χ4v) is 3.43. The Hall–Kier alpha value is -2.89. The number of hydrogen-bond acceptors (Lipinski definition) is 4. The van der Waals surface area contributed by atoms with Crippen LogP contribution in [0.2, 0.25) is 0 Å². The molecule has 136 valence electrons. The number of benzene rings is 1. The van der Waals surface area contributed by atoms with Crippen molar-refractivity contribution in [3.63, 3.8) is 0 Å². The Bertz CT molecular complexity index is 804. The number of amides is 3. The van der Waals surface area contributed by atoms with Gasteiger partial charge in [-0.25, -0.2) is 9.78 Å². The summed E-state index contributed by atoms with van der Waals surface area (Å²) in [6.45, 7) is 4.33. The molecular weight excluding hydrogens is 328 g/mol. The van der Waals surface area contributed by atoms with E-state index in [1.54, 1.807) is 12.3 Å². The molecule has 3 amide bonds. The number of nitrogen functional groups attached to an aromatic ring is 1. The van der Waals surface area contributed by atoms with Gasteiger partial charge in [0.1, 0.15) is 5.82 Å². The van der Waals surface area contributed by atoms with Gasteiger partial charge in [0.05, 0.1) is 11.5 Å². The highest BCUT2D eigenvalue weighted by molar-refractivity contribution is 6.02. The molecule has 0 saturated carbocycles. The molecule has 0 bridgehead atoms. The fourth-order valence-electron chi connectivity index (χ4n) is 3.43. The molecule has 1 unspecified atom stereocenters. The van der Waals surface area contributed by atoms with Gasteiger partial charge >= 0.3 is 6.03 Å². The van der Waals surface area contributed by atoms with Gasteiger partial charge < -0.3 is 11.1 Å². The van der Waals surface area contributed by atoms with Crippen molar-refractivity contribution in [1.29, 1.82) is 0 Å². The van der Waals surface area contributed by atoms with Crippen LogP contribution in [0.1, 0.15) is 25.0 Å². The van der Waals surface area contributed by atoms with Crippen LogP contribution in [0, 0.1) is 5.92 Å². The van der Waals surface area contributed by atoms with Crippen molar-refractivity contribution in [3.8, 4) is 0 Å². The predicted molar refractivity (Wildman–Crippen MR) is 100 cm³/mol. The number of imide groups is 1. The summed E-state index contributed by atoms with van der Waals surface area (Å²) < 4.78 is 0. The number of pyridine rings is 1. The fraction of sp³-hybridized carbons (Fsp3) is 0.350. The minimum atomic E-state index is -0.536. The molecule has 0 radical (unpaired) electrons. The van der Waals surface area contributed by atoms with Crippen LogP contribution in [0.5, 0.6) is 0 Å². The van der Waals surface area contributed by atoms with Gasteiger partial charge in [0, 0.05) is 12.7 Å². The van der Waals surface area contributed by atoms with Crippen LogP contribution in [0.3, 0.4) is 0 Å². The first-order chi connectivity index (χ1) is 12.4. The van der Waals surface area contributed by atoms with Gasteiger partial charge in [-0.3, -0.25) is 9.69 Å². The van der Waals surface area contributed by atoms with Crippen molar-refractivity contribution >= 4 is 17.8 Å². The molecule has 0 aliphatic carbocycles. The molecule has 1 fully saturated rings. The second-order valence-corrected chi connectivity index (χ2v) is 7.14. The highest BCUT2D eigenvalue weighted by atomic mass is 16.2. The zero-order valence-electron chi connectivity index (χ0n) is 15.1. The molecule has 6 nitrogen and oxygen atoms in total. The summed E-state index contributed by atoms with van der Waals surface area (Å²) >= 11 is 0. The first-order valence-electron chi connectivity index (χ1n) is 8.76. The number of carbonyl (C=O) groups excluding carboxylic acids is 2. The summed E-state index contributed by atoms with van der Waals surface area (Å²) in [5.41, 5.74) is 7.27. The summed E-state index contributed by atoms with van der Waals surface area (Å²) in [6.07, 6.45) is 2.91. The molecule has 3 N–H and O–H groups in total.